The minimum absolute atomic E-state index is 0.0250. The molecule has 1 aromatic rings. The van der Waals surface area contributed by atoms with Gasteiger partial charge in [-0.2, -0.15) is 4.31 Å². The van der Waals surface area contributed by atoms with Gasteiger partial charge in [0, 0.05) is 18.6 Å². The quantitative estimate of drug-likeness (QED) is 0.853. The van der Waals surface area contributed by atoms with Gasteiger partial charge in [0.15, 0.2) is 0 Å². The molecular formula is C12H16ClNO5S. The van der Waals surface area contributed by atoms with Crippen molar-refractivity contribution < 1.29 is 23.4 Å². The molecule has 0 aliphatic rings. The first kappa shape index (κ1) is 16.9. The number of aliphatic hydroxyl groups is 1. The highest BCUT2D eigenvalue weighted by Gasteiger charge is 2.26. The highest BCUT2D eigenvalue weighted by molar-refractivity contribution is 7.89. The number of likely N-dealkylation sites (N-methyl/N-ethyl adjacent to an activating group) is 1. The van der Waals surface area contributed by atoms with Crippen LogP contribution in [0.2, 0.25) is 5.02 Å². The number of aromatic carboxylic acids is 1. The molecule has 0 aliphatic heterocycles. The second kappa shape index (κ2) is 6.09. The Morgan fingerprint density at radius 2 is 2.00 bits per heavy atom. The normalized spacial score (nSPS) is 13.5. The van der Waals surface area contributed by atoms with Crippen LogP contribution in [0.5, 0.6) is 0 Å². The Hall–Kier alpha value is -1.15. The first-order chi connectivity index (χ1) is 9.07. The number of carboxylic acid groups (broad SMARTS) is 1. The lowest BCUT2D eigenvalue weighted by molar-refractivity contribution is 0.0695. The third-order valence-corrected chi connectivity index (χ3v) is 4.93. The molecule has 0 aliphatic carbocycles. The number of sulfonamides is 1. The summed E-state index contributed by atoms with van der Waals surface area (Å²) in [7, 11) is -2.61. The largest absolute Gasteiger partial charge is 0.478 e. The van der Waals surface area contributed by atoms with E-state index in [0.717, 1.165) is 4.31 Å². The number of hydrogen-bond donors (Lipinski definition) is 2. The molecule has 0 spiro atoms. The number of rotatable bonds is 5. The average molecular weight is 322 g/mol. The van der Waals surface area contributed by atoms with Crippen molar-refractivity contribution >= 4 is 27.6 Å². The zero-order chi connectivity index (χ0) is 15.7. The van der Waals surface area contributed by atoms with Gasteiger partial charge in [-0.25, -0.2) is 13.2 Å². The van der Waals surface area contributed by atoms with Gasteiger partial charge in [-0.3, -0.25) is 0 Å². The molecule has 1 unspecified atom stereocenters. The monoisotopic (exact) mass is 321 g/mol. The van der Waals surface area contributed by atoms with Gasteiger partial charge in [0.05, 0.1) is 16.6 Å². The molecule has 0 fully saturated rings. The van der Waals surface area contributed by atoms with Gasteiger partial charge >= 0.3 is 5.97 Å². The molecule has 20 heavy (non-hydrogen) atoms. The fourth-order valence-corrected chi connectivity index (χ4v) is 3.59. The lowest BCUT2D eigenvalue weighted by Gasteiger charge is -2.20. The zero-order valence-electron chi connectivity index (χ0n) is 11.3. The van der Waals surface area contributed by atoms with Gasteiger partial charge < -0.3 is 10.2 Å². The Morgan fingerprint density at radius 1 is 1.45 bits per heavy atom. The van der Waals surface area contributed by atoms with Gasteiger partial charge in [0.25, 0.3) is 0 Å². The molecule has 6 nitrogen and oxygen atoms in total. The molecule has 112 valence electrons. The van der Waals surface area contributed by atoms with E-state index in [1.807, 2.05) is 0 Å². The molecule has 1 atom stereocenters. The summed E-state index contributed by atoms with van der Waals surface area (Å²) in [5, 5.41) is 18.4. The summed E-state index contributed by atoms with van der Waals surface area (Å²) in [6.07, 6.45) is -0.840. The maximum Gasteiger partial charge on any atom is 0.336 e. The first-order valence-corrected chi connectivity index (χ1v) is 7.57. The van der Waals surface area contributed by atoms with Crippen LogP contribution >= 0.6 is 11.6 Å². The number of halogens is 1. The molecule has 1 aromatic carbocycles. The van der Waals surface area contributed by atoms with Crippen LogP contribution in [0.3, 0.4) is 0 Å². The van der Waals surface area contributed by atoms with Crippen molar-refractivity contribution in [3.8, 4) is 0 Å². The Kier molecular flexibility index (Phi) is 5.15. The Balaban J connectivity index is 3.43. The highest BCUT2D eigenvalue weighted by atomic mass is 35.5. The van der Waals surface area contributed by atoms with Crippen LogP contribution in [0, 0.1) is 6.92 Å². The summed E-state index contributed by atoms with van der Waals surface area (Å²) in [5.41, 5.74) is -0.0548. The lowest BCUT2D eigenvalue weighted by atomic mass is 10.1. The molecular weight excluding hydrogens is 306 g/mol. The third-order valence-electron chi connectivity index (χ3n) is 2.76. The maximum atomic E-state index is 12.4. The highest BCUT2D eigenvalue weighted by Crippen LogP contribution is 2.26. The van der Waals surface area contributed by atoms with E-state index >= 15 is 0 Å². The molecule has 0 bridgehead atoms. The molecule has 0 amide bonds. The summed E-state index contributed by atoms with van der Waals surface area (Å²) in [6.45, 7) is 2.76. The van der Waals surface area contributed by atoms with Gasteiger partial charge in [0.2, 0.25) is 10.0 Å². The summed E-state index contributed by atoms with van der Waals surface area (Å²) in [4.78, 5) is 10.9. The Bertz CT molecular complexity index is 627. The van der Waals surface area contributed by atoms with Gasteiger partial charge in [-0.1, -0.05) is 11.6 Å². The number of hydrogen-bond acceptors (Lipinski definition) is 4. The van der Waals surface area contributed by atoms with Crippen LogP contribution in [0.15, 0.2) is 17.0 Å². The van der Waals surface area contributed by atoms with E-state index in [1.165, 1.54) is 33.0 Å². The van der Waals surface area contributed by atoms with Crippen LogP contribution in [0.4, 0.5) is 0 Å². The van der Waals surface area contributed by atoms with Crippen molar-refractivity contribution in [3.05, 3.63) is 28.3 Å². The third kappa shape index (κ3) is 3.49. The number of carbonyl (C=O) groups is 1. The molecule has 0 radical (unpaired) electrons. The zero-order valence-corrected chi connectivity index (χ0v) is 12.9. The second-order valence-corrected chi connectivity index (χ2v) is 6.97. The predicted molar refractivity (Wildman–Crippen MR) is 74.6 cm³/mol. The molecule has 0 aromatic heterocycles. The minimum atomic E-state index is -3.92. The van der Waals surface area contributed by atoms with Crippen LogP contribution < -0.4 is 0 Å². The first-order valence-electron chi connectivity index (χ1n) is 5.75. The summed E-state index contributed by atoms with van der Waals surface area (Å²) in [5.74, 6) is -1.25. The summed E-state index contributed by atoms with van der Waals surface area (Å²) in [6, 6.07) is 2.41. The molecule has 0 saturated heterocycles. The van der Waals surface area contributed by atoms with E-state index in [2.05, 4.69) is 0 Å². The van der Waals surface area contributed by atoms with E-state index in [4.69, 9.17) is 16.7 Å². The van der Waals surface area contributed by atoms with Crippen LogP contribution in [0.25, 0.3) is 0 Å². The van der Waals surface area contributed by atoms with E-state index in [9.17, 15) is 18.3 Å². The van der Waals surface area contributed by atoms with E-state index in [-0.39, 0.29) is 27.6 Å². The summed E-state index contributed by atoms with van der Waals surface area (Å²) < 4.78 is 25.7. The van der Waals surface area contributed by atoms with Gasteiger partial charge in [-0.05, 0) is 31.5 Å². The summed E-state index contributed by atoms with van der Waals surface area (Å²) >= 11 is 5.79. The number of carboxylic acids is 1. The molecule has 0 heterocycles. The van der Waals surface area contributed by atoms with Crippen molar-refractivity contribution in [1.82, 2.24) is 4.31 Å². The van der Waals surface area contributed by atoms with Crippen molar-refractivity contribution in [2.45, 2.75) is 24.8 Å². The van der Waals surface area contributed by atoms with Crippen molar-refractivity contribution in [2.75, 3.05) is 13.6 Å². The predicted octanol–water partition coefficient (Wildman–Crippen LogP) is 1.35. The molecule has 2 N–H and O–H groups in total. The number of benzene rings is 1. The lowest BCUT2D eigenvalue weighted by Crippen LogP contribution is -2.33. The molecule has 8 heteroatoms. The fraction of sp³-hybridized carbons (Fsp3) is 0.417. The van der Waals surface area contributed by atoms with E-state index in [0.29, 0.717) is 0 Å². The maximum absolute atomic E-state index is 12.4. The van der Waals surface area contributed by atoms with Gasteiger partial charge in [-0.15, -0.1) is 0 Å². The Labute approximate surface area is 122 Å². The molecule has 1 rings (SSSR count). The van der Waals surface area contributed by atoms with Crippen molar-refractivity contribution in [3.63, 3.8) is 0 Å². The van der Waals surface area contributed by atoms with Crippen molar-refractivity contribution in [2.24, 2.45) is 0 Å². The topological polar surface area (TPSA) is 94.9 Å². The van der Waals surface area contributed by atoms with Crippen molar-refractivity contribution in [1.29, 1.82) is 0 Å². The number of nitrogens with zero attached hydrogens (tertiary/aromatic N) is 1. The fourth-order valence-electron chi connectivity index (χ4n) is 1.78. The SMILES string of the molecule is Cc1c(C(=O)O)cc(Cl)cc1S(=O)(=O)N(C)CC(C)O. The van der Waals surface area contributed by atoms with E-state index in [1.54, 1.807) is 0 Å². The van der Waals surface area contributed by atoms with E-state index < -0.39 is 22.1 Å². The average Bonchev–Trinajstić information content (AvgIpc) is 2.30. The minimum Gasteiger partial charge on any atom is -0.478 e. The Morgan fingerprint density at radius 3 is 2.45 bits per heavy atom. The van der Waals surface area contributed by atoms with Crippen LogP contribution in [0.1, 0.15) is 22.8 Å². The smallest absolute Gasteiger partial charge is 0.336 e. The van der Waals surface area contributed by atoms with Crippen LogP contribution in [-0.2, 0) is 10.0 Å². The standard InChI is InChI=1S/C12H16ClNO5S/c1-7(15)6-14(3)20(18,19)11-5-9(13)4-10(8(11)2)12(16)17/h4-5,7,15H,6H2,1-3H3,(H,16,17). The van der Waals surface area contributed by atoms with Crippen LogP contribution in [-0.4, -0.2) is 48.6 Å². The second-order valence-electron chi connectivity index (χ2n) is 4.52. The number of aliphatic hydroxyl groups excluding tert-OH is 1. The molecule has 0 saturated carbocycles. The van der Waals surface area contributed by atoms with Gasteiger partial charge in [0.1, 0.15) is 0 Å².